The van der Waals surface area contributed by atoms with E-state index in [0.29, 0.717) is 0 Å². The number of nitrogens with one attached hydrogen (secondary N) is 1. The summed E-state index contributed by atoms with van der Waals surface area (Å²) in [5.41, 5.74) is 1.27. The number of hydrogen-bond acceptors (Lipinski definition) is 2. The highest BCUT2D eigenvalue weighted by Gasteiger charge is 2.22. The molecule has 0 unspecified atom stereocenters. The highest BCUT2D eigenvalue weighted by atomic mass is 35.5. The fourth-order valence-corrected chi connectivity index (χ4v) is 1.69. The molecule has 0 heterocycles. The number of halogens is 1. The summed E-state index contributed by atoms with van der Waals surface area (Å²) in [5, 5.41) is 3.98. The van der Waals surface area contributed by atoms with Gasteiger partial charge < -0.3 is 10.2 Å². The van der Waals surface area contributed by atoms with Crippen LogP contribution in [0.3, 0.4) is 0 Å². The van der Waals surface area contributed by atoms with E-state index < -0.39 is 0 Å². The molecular formula is C12H19ClN2. The molecule has 84 valence electrons. The minimum absolute atomic E-state index is 0.0859. The van der Waals surface area contributed by atoms with Crippen molar-refractivity contribution in [3.8, 4) is 0 Å². The van der Waals surface area contributed by atoms with E-state index in [0.717, 1.165) is 11.6 Å². The fourth-order valence-electron chi connectivity index (χ4n) is 1.57. The molecule has 2 nitrogen and oxygen atoms in total. The molecule has 0 fully saturated rings. The van der Waals surface area contributed by atoms with Crippen molar-refractivity contribution in [1.29, 1.82) is 0 Å². The van der Waals surface area contributed by atoms with Gasteiger partial charge in [-0.3, -0.25) is 0 Å². The Balaban J connectivity index is 2.84. The third-order valence-corrected chi connectivity index (χ3v) is 2.98. The summed E-state index contributed by atoms with van der Waals surface area (Å²) >= 11 is 5.86. The van der Waals surface area contributed by atoms with Crippen molar-refractivity contribution in [1.82, 2.24) is 5.32 Å². The van der Waals surface area contributed by atoms with Crippen LogP contribution in [0.25, 0.3) is 0 Å². The van der Waals surface area contributed by atoms with Crippen LogP contribution in [0, 0.1) is 0 Å². The predicted octanol–water partition coefficient (Wildman–Crippen LogP) is 2.77. The zero-order valence-corrected chi connectivity index (χ0v) is 10.6. The molecule has 0 aliphatic heterocycles. The van der Waals surface area contributed by atoms with Crippen LogP contribution in [0.2, 0.25) is 5.02 Å². The van der Waals surface area contributed by atoms with Crippen LogP contribution < -0.4 is 10.2 Å². The SMILES string of the molecule is CNCC(C)(C)N(C)c1ccc(Cl)cc1. The first kappa shape index (κ1) is 12.3. The first-order valence-electron chi connectivity index (χ1n) is 5.11. The van der Waals surface area contributed by atoms with Crippen molar-refractivity contribution < 1.29 is 0 Å². The number of hydrogen-bond donors (Lipinski definition) is 1. The van der Waals surface area contributed by atoms with Gasteiger partial charge in [-0.1, -0.05) is 11.6 Å². The molecule has 1 N–H and O–H groups in total. The van der Waals surface area contributed by atoms with Crippen molar-refractivity contribution >= 4 is 17.3 Å². The minimum atomic E-state index is 0.0859. The molecule has 0 aliphatic carbocycles. The van der Waals surface area contributed by atoms with Gasteiger partial charge in [0.25, 0.3) is 0 Å². The van der Waals surface area contributed by atoms with Crippen LogP contribution in [0.4, 0.5) is 5.69 Å². The zero-order valence-electron chi connectivity index (χ0n) is 9.84. The van der Waals surface area contributed by atoms with E-state index in [2.05, 4.69) is 31.1 Å². The van der Waals surface area contributed by atoms with Gasteiger partial charge in [0.1, 0.15) is 0 Å². The van der Waals surface area contributed by atoms with Crippen LogP contribution in [0.5, 0.6) is 0 Å². The number of nitrogens with zero attached hydrogens (tertiary/aromatic N) is 1. The Morgan fingerprint density at radius 3 is 2.27 bits per heavy atom. The standard InChI is InChI=1S/C12H19ClN2/c1-12(2,9-14-3)15(4)11-7-5-10(13)6-8-11/h5-8,14H,9H2,1-4H3. The largest absolute Gasteiger partial charge is 0.368 e. The van der Waals surface area contributed by atoms with Crippen LogP contribution >= 0.6 is 11.6 Å². The van der Waals surface area contributed by atoms with Gasteiger partial charge >= 0.3 is 0 Å². The molecule has 0 saturated heterocycles. The highest BCUT2D eigenvalue weighted by molar-refractivity contribution is 6.30. The summed E-state index contributed by atoms with van der Waals surface area (Å²) in [5.74, 6) is 0. The lowest BCUT2D eigenvalue weighted by Crippen LogP contribution is -2.48. The normalized spacial score (nSPS) is 11.5. The lowest BCUT2D eigenvalue weighted by Gasteiger charge is -2.37. The molecule has 0 atom stereocenters. The number of rotatable bonds is 4. The molecule has 0 amide bonds. The quantitative estimate of drug-likeness (QED) is 0.850. The third-order valence-electron chi connectivity index (χ3n) is 2.73. The number of likely N-dealkylation sites (N-methyl/N-ethyl adjacent to an activating group) is 2. The Morgan fingerprint density at radius 1 is 1.27 bits per heavy atom. The predicted molar refractivity (Wildman–Crippen MR) is 67.9 cm³/mol. The molecule has 0 aliphatic rings. The fraction of sp³-hybridized carbons (Fsp3) is 0.500. The van der Waals surface area contributed by atoms with Crippen molar-refractivity contribution in [2.24, 2.45) is 0 Å². The van der Waals surface area contributed by atoms with Crippen LogP contribution in [-0.4, -0.2) is 26.2 Å². The van der Waals surface area contributed by atoms with E-state index in [9.17, 15) is 0 Å². The smallest absolute Gasteiger partial charge is 0.0466 e. The van der Waals surface area contributed by atoms with Gasteiger partial charge in [0.05, 0.1) is 0 Å². The van der Waals surface area contributed by atoms with E-state index >= 15 is 0 Å². The van der Waals surface area contributed by atoms with E-state index in [-0.39, 0.29) is 5.54 Å². The molecule has 0 aromatic heterocycles. The lowest BCUT2D eigenvalue weighted by molar-refractivity contribution is 0.463. The van der Waals surface area contributed by atoms with Gasteiger partial charge in [-0.15, -0.1) is 0 Å². The second-order valence-corrected chi connectivity index (χ2v) is 4.81. The Labute approximate surface area is 97.2 Å². The Morgan fingerprint density at radius 2 is 1.80 bits per heavy atom. The summed E-state index contributed by atoms with van der Waals surface area (Å²) < 4.78 is 0. The topological polar surface area (TPSA) is 15.3 Å². The maximum atomic E-state index is 5.86. The summed E-state index contributed by atoms with van der Waals surface area (Å²) in [6.45, 7) is 5.35. The molecule has 0 saturated carbocycles. The van der Waals surface area contributed by atoms with Gasteiger partial charge in [-0.05, 0) is 45.2 Å². The monoisotopic (exact) mass is 226 g/mol. The summed E-state index contributed by atoms with van der Waals surface area (Å²) in [6.07, 6.45) is 0. The van der Waals surface area contributed by atoms with Crippen LogP contribution in [-0.2, 0) is 0 Å². The molecule has 1 aromatic carbocycles. The maximum Gasteiger partial charge on any atom is 0.0466 e. The molecule has 1 rings (SSSR count). The molecule has 0 radical (unpaired) electrons. The van der Waals surface area contributed by atoms with E-state index in [4.69, 9.17) is 11.6 Å². The van der Waals surface area contributed by atoms with Gasteiger partial charge in [-0.25, -0.2) is 0 Å². The summed E-state index contributed by atoms with van der Waals surface area (Å²) in [7, 11) is 4.07. The second kappa shape index (κ2) is 4.86. The van der Waals surface area contributed by atoms with Gasteiger partial charge in [0.2, 0.25) is 0 Å². The van der Waals surface area contributed by atoms with Crippen molar-refractivity contribution in [3.05, 3.63) is 29.3 Å². The average molecular weight is 227 g/mol. The van der Waals surface area contributed by atoms with Crippen LogP contribution in [0.15, 0.2) is 24.3 Å². The molecule has 3 heteroatoms. The van der Waals surface area contributed by atoms with Gasteiger partial charge in [0.15, 0.2) is 0 Å². The van der Waals surface area contributed by atoms with Gasteiger partial charge in [-0.2, -0.15) is 0 Å². The lowest BCUT2D eigenvalue weighted by atomic mass is 10.0. The van der Waals surface area contributed by atoms with E-state index in [1.807, 2.05) is 31.3 Å². The maximum absolute atomic E-state index is 5.86. The molecule has 0 spiro atoms. The molecule has 1 aromatic rings. The highest BCUT2D eigenvalue weighted by Crippen LogP contribution is 2.23. The zero-order chi connectivity index (χ0) is 11.5. The number of benzene rings is 1. The van der Waals surface area contributed by atoms with Crippen molar-refractivity contribution in [2.75, 3.05) is 25.5 Å². The Bertz CT molecular complexity index is 306. The molecule has 0 bridgehead atoms. The molecular weight excluding hydrogens is 208 g/mol. The van der Waals surface area contributed by atoms with Crippen molar-refractivity contribution in [3.63, 3.8) is 0 Å². The average Bonchev–Trinajstić information content (AvgIpc) is 2.18. The third kappa shape index (κ3) is 3.11. The number of anilines is 1. The Kier molecular flexibility index (Phi) is 4.00. The van der Waals surface area contributed by atoms with Crippen molar-refractivity contribution in [2.45, 2.75) is 19.4 Å². The second-order valence-electron chi connectivity index (χ2n) is 4.38. The van der Waals surface area contributed by atoms with E-state index in [1.165, 1.54) is 5.69 Å². The first-order chi connectivity index (χ1) is 6.97. The van der Waals surface area contributed by atoms with Gasteiger partial charge in [0, 0.05) is 29.8 Å². The molecule has 15 heavy (non-hydrogen) atoms. The summed E-state index contributed by atoms with van der Waals surface area (Å²) in [6, 6.07) is 7.92. The first-order valence-corrected chi connectivity index (χ1v) is 5.49. The van der Waals surface area contributed by atoms with Crippen LogP contribution in [0.1, 0.15) is 13.8 Å². The minimum Gasteiger partial charge on any atom is -0.368 e. The Hall–Kier alpha value is -0.730. The van der Waals surface area contributed by atoms with E-state index in [1.54, 1.807) is 0 Å². The summed E-state index contributed by atoms with van der Waals surface area (Å²) in [4.78, 5) is 2.25.